The van der Waals surface area contributed by atoms with Gasteiger partial charge in [-0.15, -0.1) is 0 Å². The molecule has 19 heavy (non-hydrogen) atoms. The van der Waals surface area contributed by atoms with Gasteiger partial charge in [-0.3, -0.25) is 4.79 Å². The number of hydrogen-bond acceptors (Lipinski definition) is 2. The number of halogens is 1. The molecule has 3 nitrogen and oxygen atoms in total. The molecule has 2 N–H and O–H groups in total. The Morgan fingerprint density at radius 1 is 1.37 bits per heavy atom. The minimum absolute atomic E-state index is 0.0333. The van der Waals surface area contributed by atoms with E-state index in [4.69, 9.17) is 0 Å². The number of aliphatic hydroxyl groups is 1. The summed E-state index contributed by atoms with van der Waals surface area (Å²) in [5, 5.41) is 12.8. The van der Waals surface area contributed by atoms with Gasteiger partial charge in [0.05, 0.1) is 12.1 Å². The maximum atomic E-state index is 11.9. The third-order valence-electron chi connectivity index (χ3n) is 3.61. The Balaban J connectivity index is 1.78. The first kappa shape index (κ1) is 14.5. The largest absolute Gasteiger partial charge is 0.391 e. The minimum atomic E-state index is -0.372. The number of rotatable bonds is 4. The third-order valence-corrected chi connectivity index (χ3v) is 4.10. The van der Waals surface area contributed by atoms with Crippen LogP contribution in [0.2, 0.25) is 0 Å². The summed E-state index contributed by atoms with van der Waals surface area (Å²) in [7, 11) is 0. The van der Waals surface area contributed by atoms with Crippen molar-refractivity contribution in [3.05, 3.63) is 34.3 Å². The van der Waals surface area contributed by atoms with Crippen molar-refractivity contribution < 1.29 is 9.90 Å². The quantitative estimate of drug-likeness (QED) is 0.894. The molecule has 104 valence electrons. The maximum Gasteiger partial charge on any atom is 0.220 e. The first-order valence-electron chi connectivity index (χ1n) is 6.87. The predicted molar refractivity (Wildman–Crippen MR) is 78.9 cm³/mol. The molecule has 1 aromatic carbocycles. The van der Waals surface area contributed by atoms with E-state index < -0.39 is 0 Å². The number of hydrogen-bond donors (Lipinski definition) is 2. The van der Waals surface area contributed by atoms with Gasteiger partial charge in [0.1, 0.15) is 0 Å². The molecule has 4 heteroatoms. The zero-order chi connectivity index (χ0) is 13.7. The topological polar surface area (TPSA) is 49.3 Å². The average Bonchev–Trinajstić information content (AvgIpc) is 2.39. The van der Waals surface area contributed by atoms with E-state index in [0.717, 1.165) is 42.1 Å². The maximum absolute atomic E-state index is 11.9. The second kappa shape index (κ2) is 7.06. The van der Waals surface area contributed by atoms with E-state index >= 15 is 0 Å². The lowest BCUT2D eigenvalue weighted by Gasteiger charge is -2.28. The Kier molecular flexibility index (Phi) is 5.40. The zero-order valence-electron chi connectivity index (χ0n) is 10.9. The highest BCUT2D eigenvalue weighted by Gasteiger charge is 2.24. The number of aliphatic hydroxyl groups excluding tert-OH is 1. The van der Waals surface area contributed by atoms with Crippen molar-refractivity contribution in [1.82, 2.24) is 5.32 Å². The van der Waals surface area contributed by atoms with Crippen LogP contribution in [0.3, 0.4) is 0 Å². The summed E-state index contributed by atoms with van der Waals surface area (Å²) in [6.45, 7) is 0. The number of carbonyl (C=O) groups excluding carboxylic acids is 1. The lowest BCUT2D eigenvalue weighted by molar-refractivity contribution is -0.123. The minimum Gasteiger partial charge on any atom is -0.391 e. The fourth-order valence-electron chi connectivity index (χ4n) is 2.51. The van der Waals surface area contributed by atoms with Crippen LogP contribution in [0.15, 0.2) is 28.7 Å². The predicted octanol–water partition coefficient (Wildman–Crippen LogP) is 2.80. The van der Waals surface area contributed by atoms with Crippen LogP contribution < -0.4 is 5.32 Å². The van der Waals surface area contributed by atoms with Crippen LogP contribution in [0.5, 0.6) is 0 Å². The molecule has 0 bridgehead atoms. The fraction of sp³-hybridized carbons (Fsp3) is 0.533. The van der Waals surface area contributed by atoms with Gasteiger partial charge >= 0.3 is 0 Å². The van der Waals surface area contributed by atoms with Crippen molar-refractivity contribution in [2.24, 2.45) is 0 Å². The van der Waals surface area contributed by atoms with Gasteiger partial charge in [-0.25, -0.2) is 0 Å². The molecule has 1 aliphatic rings. The van der Waals surface area contributed by atoms with Crippen molar-refractivity contribution >= 4 is 21.8 Å². The van der Waals surface area contributed by atoms with Gasteiger partial charge in [0.15, 0.2) is 0 Å². The summed E-state index contributed by atoms with van der Waals surface area (Å²) in [5.41, 5.74) is 1.15. The van der Waals surface area contributed by atoms with Gasteiger partial charge in [0.25, 0.3) is 0 Å². The fourth-order valence-corrected chi connectivity index (χ4v) is 2.96. The third kappa shape index (κ3) is 4.62. The van der Waals surface area contributed by atoms with E-state index in [1.807, 2.05) is 24.3 Å². The van der Waals surface area contributed by atoms with E-state index in [1.165, 1.54) is 0 Å². The van der Waals surface area contributed by atoms with Crippen molar-refractivity contribution in [2.75, 3.05) is 0 Å². The summed E-state index contributed by atoms with van der Waals surface area (Å²) >= 11 is 3.42. The van der Waals surface area contributed by atoms with Gasteiger partial charge in [-0.2, -0.15) is 0 Å². The molecular formula is C15H20BrNO2. The molecule has 0 aromatic heterocycles. The van der Waals surface area contributed by atoms with E-state index in [1.54, 1.807) is 0 Å². The summed E-state index contributed by atoms with van der Waals surface area (Å²) < 4.78 is 1.04. The molecule has 2 rings (SSSR count). The first-order valence-corrected chi connectivity index (χ1v) is 7.66. The van der Waals surface area contributed by atoms with Crippen LogP contribution in [0.25, 0.3) is 0 Å². The van der Waals surface area contributed by atoms with Gasteiger partial charge in [-0.1, -0.05) is 40.9 Å². The van der Waals surface area contributed by atoms with Crippen molar-refractivity contribution in [1.29, 1.82) is 0 Å². The second-order valence-corrected chi connectivity index (χ2v) is 6.07. The molecule has 0 spiro atoms. The van der Waals surface area contributed by atoms with Gasteiger partial charge in [0, 0.05) is 10.9 Å². The molecule has 1 fully saturated rings. The average molecular weight is 326 g/mol. The van der Waals surface area contributed by atoms with Crippen molar-refractivity contribution in [3.63, 3.8) is 0 Å². The molecule has 0 heterocycles. The highest BCUT2D eigenvalue weighted by molar-refractivity contribution is 9.10. The number of amides is 1. The lowest BCUT2D eigenvalue weighted by atomic mass is 9.92. The van der Waals surface area contributed by atoms with Crippen LogP contribution in [0.4, 0.5) is 0 Å². The SMILES string of the molecule is O=C(CCc1cccc(Br)c1)N[C@H]1CCCC[C@@H]1O. The number of benzene rings is 1. The first-order chi connectivity index (χ1) is 9.15. The molecule has 1 aromatic rings. The van der Waals surface area contributed by atoms with Crippen LogP contribution in [-0.4, -0.2) is 23.2 Å². The number of carbonyl (C=O) groups is 1. The van der Waals surface area contributed by atoms with E-state index in [0.29, 0.717) is 6.42 Å². The molecule has 1 aliphatic carbocycles. The van der Waals surface area contributed by atoms with Gasteiger partial charge in [-0.05, 0) is 37.0 Å². The number of aryl methyl sites for hydroxylation is 1. The molecule has 0 aliphatic heterocycles. The molecule has 2 atom stereocenters. The second-order valence-electron chi connectivity index (χ2n) is 5.16. The van der Waals surface area contributed by atoms with Crippen LogP contribution in [0, 0.1) is 0 Å². The smallest absolute Gasteiger partial charge is 0.220 e. The molecular weight excluding hydrogens is 306 g/mol. The summed E-state index contributed by atoms with van der Waals surface area (Å²) in [4.78, 5) is 11.9. The summed E-state index contributed by atoms with van der Waals surface area (Å²) in [6, 6.07) is 7.95. The van der Waals surface area contributed by atoms with Crippen LogP contribution >= 0.6 is 15.9 Å². The molecule has 1 saturated carbocycles. The highest BCUT2D eigenvalue weighted by atomic mass is 79.9. The monoisotopic (exact) mass is 325 g/mol. The molecule has 0 saturated heterocycles. The Morgan fingerprint density at radius 3 is 2.89 bits per heavy atom. The Bertz CT molecular complexity index is 436. The Hall–Kier alpha value is -0.870. The zero-order valence-corrected chi connectivity index (χ0v) is 12.5. The van der Waals surface area contributed by atoms with E-state index in [-0.39, 0.29) is 18.1 Å². The highest BCUT2D eigenvalue weighted by Crippen LogP contribution is 2.18. The van der Waals surface area contributed by atoms with Crippen molar-refractivity contribution in [3.8, 4) is 0 Å². The summed E-state index contributed by atoms with van der Waals surface area (Å²) in [5.74, 6) is 0.0333. The standard InChI is InChI=1S/C15H20BrNO2/c16-12-5-3-4-11(10-12)8-9-15(19)17-13-6-1-2-7-14(13)18/h3-5,10,13-14,18H,1-2,6-9H2,(H,17,19)/t13-,14-/m0/s1. The lowest BCUT2D eigenvalue weighted by Crippen LogP contribution is -2.45. The Morgan fingerprint density at radius 2 is 2.16 bits per heavy atom. The van der Waals surface area contributed by atoms with Gasteiger partial charge < -0.3 is 10.4 Å². The molecule has 1 amide bonds. The van der Waals surface area contributed by atoms with E-state index in [2.05, 4.69) is 21.2 Å². The normalized spacial score (nSPS) is 23.1. The van der Waals surface area contributed by atoms with Gasteiger partial charge in [0.2, 0.25) is 5.91 Å². The van der Waals surface area contributed by atoms with E-state index in [9.17, 15) is 9.90 Å². The molecule has 0 unspecified atom stereocenters. The summed E-state index contributed by atoms with van der Waals surface area (Å²) in [6.07, 6.45) is 4.68. The number of nitrogens with one attached hydrogen (secondary N) is 1. The molecule has 0 radical (unpaired) electrons. The van der Waals surface area contributed by atoms with Crippen LogP contribution in [-0.2, 0) is 11.2 Å². The van der Waals surface area contributed by atoms with Crippen molar-refractivity contribution in [2.45, 2.75) is 50.7 Å². The Labute approximate surface area is 122 Å². The van der Waals surface area contributed by atoms with Crippen LogP contribution in [0.1, 0.15) is 37.7 Å².